The molecule has 0 fully saturated rings. The molecular weight excluding hydrogens is 189 g/mol. The molecule has 9 heteroatoms. The van der Waals surface area contributed by atoms with E-state index in [9.17, 15) is 13.7 Å². The fraction of sp³-hybridized carbons (Fsp3) is 0. The van der Waals surface area contributed by atoms with Crippen LogP contribution in [0.25, 0.3) is 0 Å². The third-order valence-electron chi connectivity index (χ3n) is 0.400. The molecule has 0 unspecified atom stereocenters. The van der Waals surface area contributed by atoms with Gasteiger partial charge in [-0.15, -0.1) is 0 Å². The first-order chi connectivity index (χ1) is 4.18. The molecule has 0 radical (unpaired) electrons. The highest BCUT2D eigenvalue weighted by molar-refractivity contribution is 7.42. The minimum atomic E-state index is -2.51. The smallest absolute Gasteiger partial charge is 0.0374 e. The molecule has 1 rings (SSSR count). The third kappa shape index (κ3) is 1.83. The minimum absolute atomic E-state index is 2.51. The lowest BCUT2D eigenvalue weighted by molar-refractivity contribution is 0.461. The molecule has 0 aliphatic rings. The summed E-state index contributed by atoms with van der Waals surface area (Å²) in [5.74, 6) is 0. The second kappa shape index (κ2) is 2.53. The normalized spacial score (nSPS) is 15.3. The van der Waals surface area contributed by atoms with Gasteiger partial charge in [-0.3, -0.25) is 0 Å². The van der Waals surface area contributed by atoms with Gasteiger partial charge in [-0.1, -0.05) is 0 Å². The van der Waals surface area contributed by atoms with Gasteiger partial charge in [-0.2, -0.15) is 0 Å². The highest BCUT2D eigenvalue weighted by atomic mass is 31.2. The molecule has 1 heterocycles. The number of rotatable bonds is 0. The van der Waals surface area contributed by atoms with Crippen LogP contribution in [0.1, 0.15) is 0 Å². The second-order valence-corrected chi connectivity index (χ2v) is 4.22. The molecule has 0 aliphatic heterocycles. The Kier molecular flexibility index (Phi) is 1.91. The fourth-order valence-electron chi connectivity index (χ4n) is 0.208. The SMILES string of the molecule is O=[p+]1o[p+](=O)o[p+](=O)o1. The van der Waals surface area contributed by atoms with Crippen LogP contribution in [0.2, 0.25) is 0 Å². The Morgan fingerprint density at radius 2 is 0.889 bits per heavy atom. The van der Waals surface area contributed by atoms with Crippen molar-refractivity contribution in [1.29, 1.82) is 0 Å². The summed E-state index contributed by atoms with van der Waals surface area (Å²) in [6.07, 6.45) is 0. The molecule has 6 nitrogen and oxygen atoms in total. The van der Waals surface area contributed by atoms with E-state index < -0.39 is 23.7 Å². The molecule has 1 aromatic rings. The Balaban J connectivity index is 3.72. The fourth-order valence-corrected chi connectivity index (χ4v) is 2.68. The van der Waals surface area contributed by atoms with Gasteiger partial charge in [0.1, 0.15) is 0 Å². The van der Waals surface area contributed by atoms with Crippen molar-refractivity contribution in [3.8, 4) is 0 Å². The van der Waals surface area contributed by atoms with Gasteiger partial charge in [0.15, 0.2) is 0 Å². The molecule has 0 bridgehead atoms. The van der Waals surface area contributed by atoms with E-state index in [2.05, 4.69) is 11.9 Å². The average molecular weight is 189 g/mol. The van der Waals surface area contributed by atoms with Gasteiger partial charge in [-0.05, 0) is 0 Å². The highest BCUT2D eigenvalue weighted by Crippen LogP contribution is 2.31. The zero-order chi connectivity index (χ0) is 6.85. The summed E-state index contributed by atoms with van der Waals surface area (Å²) in [7, 11) is -7.54. The molecule has 0 saturated carbocycles. The summed E-state index contributed by atoms with van der Waals surface area (Å²) >= 11 is 0. The Labute approximate surface area is 50.3 Å². The highest BCUT2D eigenvalue weighted by Gasteiger charge is 2.31. The van der Waals surface area contributed by atoms with E-state index >= 15 is 0 Å². The molecule has 1 aromatic heterocycles. The monoisotopic (exact) mass is 189 g/mol. The molecule has 48 valence electrons. The standard InChI is InChI=1S/O6P3/c1-7-4-8(2)6-9(3)5-7/q+3. The first-order valence-electron chi connectivity index (χ1n) is 1.64. The number of hydrogen-bond acceptors (Lipinski definition) is 6. The zero-order valence-corrected chi connectivity index (χ0v) is 6.47. The summed E-state index contributed by atoms with van der Waals surface area (Å²) in [5.41, 5.74) is 0. The molecule has 0 spiro atoms. The van der Waals surface area contributed by atoms with Crippen molar-refractivity contribution in [3.05, 3.63) is 0 Å². The van der Waals surface area contributed by atoms with Gasteiger partial charge >= 0.3 is 23.7 Å². The van der Waals surface area contributed by atoms with Crippen LogP contribution in [0.3, 0.4) is 0 Å². The first kappa shape index (κ1) is 6.81. The third-order valence-corrected chi connectivity index (χ3v) is 3.60. The maximum Gasteiger partial charge on any atom is 0.900 e. The average Bonchev–Trinajstić information content (AvgIpc) is 1.59. The van der Waals surface area contributed by atoms with E-state index in [1.54, 1.807) is 0 Å². The van der Waals surface area contributed by atoms with Crippen molar-refractivity contribution >= 4 is 23.7 Å². The topological polar surface area (TPSA) is 90.6 Å². The molecule has 0 saturated heterocycles. The van der Waals surface area contributed by atoms with Crippen LogP contribution in [0.4, 0.5) is 0 Å². The van der Waals surface area contributed by atoms with Gasteiger partial charge in [0.2, 0.25) is 0 Å². The van der Waals surface area contributed by atoms with Gasteiger partial charge in [0.25, 0.3) is 0 Å². The minimum Gasteiger partial charge on any atom is 0.0374 e. The van der Waals surface area contributed by atoms with Crippen molar-refractivity contribution in [1.82, 2.24) is 0 Å². The molecule has 0 N–H and O–H groups in total. The van der Waals surface area contributed by atoms with Crippen LogP contribution >= 0.6 is 23.7 Å². The van der Waals surface area contributed by atoms with E-state index in [0.717, 1.165) is 0 Å². The lowest BCUT2D eigenvalue weighted by Crippen LogP contribution is -1.34. The molecule has 0 amide bonds. The van der Waals surface area contributed by atoms with E-state index in [0.29, 0.717) is 0 Å². The first-order valence-corrected chi connectivity index (χ1v) is 4.93. The van der Waals surface area contributed by atoms with Crippen LogP contribution in [0, 0.1) is 0 Å². The Morgan fingerprint density at radius 1 is 0.667 bits per heavy atom. The lowest BCUT2D eigenvalue weighted by atomic mass is 15.8. The van der Waals surface area contributed by atoms with Gasteiger partial charge in [-0.25, -0.2) is 0 Å². The predicted molar refractivity (Wildman–Crippen MR) is 26.1 cm³/mol. The summed E-state index contributed by atoms with van der Waals surface area (Å²) < 4.78 is 42.3. The van der Waals surface area contributed by atoms with Crippen LogP contribution in [-0.2, 0) is 13.7 Å². The van der Waals surface area contributed by atoms with E-state index in [-0.39, 0.29) is 0 Å². The van der Waals surface area contributed by atoms with Gasteiger partial charge < -0.3 is 0 Å². The molecule has 0 aliphatic carbocycles. The maximum atomic E-state index is 10.1. The van der Waals surface area contributed by atoms with Crippen molar-refractivity contribution in [3.63, 3.8) is 0 Å². The molecule has 9 heavy (non-hydrogen) atoms. The summed E-state index contributed by atoms with van der Waals surface area (Å²) in [5, 5.41) is 0. The van der Waals surface area contributed by atoms with Crippen molar-refractivity contribution in [2.24, 2.45) is 0 Å². The van der Waals surface area contributed by atoms with E-state index in [4.69, 9.17) is 0 Å². The Bertz CT molecular complexity index is 271. The van der Waals surface area contributed by atoms with E-state index in [1.807, 2.05) is 0 Å². The van der Waals surface area contributed by atoms with Crippen molar-refractivity contribution in [2.45, 2.75) is 0 Å². The predicted octanol–water partition coefficient (Wildman–Crippen LogP) is 2.69. The van der Waals surface area contributed by atoms with Crippen LogP contribution in [-0.4, -0.2) is 0 Å². The van der Waals surface area contributed by atoms with Crippen LogP contribution in [0.5, 0.6) is 0 Å². The largest absolute Gasteiger partial charge is 0.900 e. The van der Waals surface area contributed by atoms with Gasteiger partial charge in [0.05, 0.1) is 11.9 Å². The number of hydrogen-bond donors (Lipinski definition) is 0. The zero-order valence-electron chi connectivity index (χ0n) is 3.79. The summed E-state index contributed by atoms with van der Waals surface area (Å²) in [6, 6.07) is 0. The summed E-state index contributed by atoms with van der Waals surface area (Å²) in [4.78, 5) is 0. The maximum absolute atomic E-state index is 10.1. The van der Waals surface area contributed by atoms with Crippen molar-refractivity contribution in [2.75, 3.05) is 0 Å². The molecule has 0 atom stereocenters. The van der Waals surface area contributed by atoms with Crippen LogP contribution in [0.15, 0.2) is 11.9 Å². The summed E-state index contributed by atoms with van der Waals surface area (Å²) in [6.45, 7) is 0. The second-order valence-electron chi connectivity index (χ2n) is 0.916. The Hall–Kier alpha value is -0.300. The lowest BCUT2D eigenvalue weighted by Gasteiger charge is -1.35. The van der Waals surface area contributed by atoms with Crippen LogP contribution < -0.4 is 0 Å². The Morgan fingerprint density at radius 3 is 1.11 bits per heavy atom. The van der Waals surface area contributed by atoms with E-state index in [1.165, 1.54) is 0 Å². The molecule has 0 aromatic carbocycles. The quantitative estimate of drug-likeness (QED) is 0.622. The van der Waals surface area contributed by atoms with Crippen molar-refractivity contribution < 1.29 is 25.6 Å². The molecular formula is O6P3+3. The van der Waals surface area contributed by atoms with Gasteiger partial charge in [0, 0.05) is 13.7 Å².